The van der Waals surface area contributed by atoms with Crippen LogP contribution in [0.4, 0.5) is 47.0 Å². The number of carboxylic acid groups (broad SMARTS) is 1. The molecule has 1 aliphatic rings. The molecule has 17 heteroatoms. The smallest absolute Gasteiger partial charge is 0.475 e. The van der Waals surface area contributed by atoms with Crippen molar-refractivity contribution in [2.75, 3.05) is 30.3 Å². The van der Waals surface area contributed by atoms with E-state index < -0.39 is 49.3 Å². The van der Waals surface area contributed by atoms with Gasteiger partial charge in [-0.15, -0.1) is 0 Å². The molecule has 1 saturated heterocycles. The molecule has 1 atom stereocenters. The number of hydrogen-bond acceptors (Lipinski definition) is 7. The molecular formula is C14H16F8N6O3. The van der Waals surface area contributed by atoms with Crippen LogP contribution in [0.15, 0.2) is 6.33 Å². The second-order valence-corrected chi connectivity index (χ2v) is 6.29. The Labute approximate surface area is 168 Å². The van der Waals surface area contributed by atoms with Crippen LogP contribution >= 0.6 is 0 Å². The average Bonchev–Trinajstić information content (AvgIpc) is 2.89. The van der Waals surface area contributed by atoms with Gasteiger partial charge in [0.05, 0.1) is 12.6 Å². The van der Waals surface area contributed by atoms with E-state index in [-0.39, 0.29) is 24.9 Å². The molecule has 1 unspecified atom stereocenters. The minimum absolute atomic E-state index is 0.0152. The van der Waals surface area contributed by atoms with Gasteiger partial charge in [0.1, 0.15) is 12.9 Å². The number of aromatic nitrogens is 3. The first-order valence-corrected chi connectivity index (χ1v) is 8.18. The molecule has 3 N–H and O–H groups in total. The van der Waals surface area contributed by atoms with Gasteiger partial charge < -0.3 is 20.6 Å². The van der Waals surface area contributed by atoms with E-state index in [1.54, 1.807) is 0 Å². The van der Waals surface area contributed by atoms with E-state index in [1.807, 2.05) is 0 Å². The van der Waals surface area contributed by atoms with Crippen molar-refractivity contribution >= 4 is 23.8 Å². The van der Waals surface area contributed by atoms with Gasteiger partial charge >= 0.3 is 18.3 Å². The van der Waals surface area contributed by atoms with Crippen molar-refractivity contribution < 1.29 is 49.8 Å². The van der Waals surface area contributed by atoms with Crippen molar-refractivity contribution in [1.29, 1.82) is 0 Å². The Kier molecular flexibility index (Phi) is 8.28. The topological polar surface area (TPSA) is 120 Å². The van der Waals surface area contributed by atoms with Gasteiger partial charge in [-0.05, 0) is 0 Å². The predicted molar refractivity (Wildman–Crippen MR) is 87.3 cm³/mol. The molecule has 1 fully saturated rings. The van der Waals surface area contributed by atoms with Crippen LogP contribution in [-0.2, 0) is 9.59 Å². The van der Waals surface area contributed by atoms with E-state index in [1.165, 1.54) is 0 Å². The largest absolute Gasteiger partial charge is 0.490 e. The summed E-state index contributed by atoms with van der Waals surface area (Å²) in [6.45, 7) is -1.43. The molecule has 0 bridgehead atoms. The monoisotopic (exact) mass is 468 g/mol. The summed E-state index contributed by atoms with van der Waals surface area (Å²) in [6.07, 6.45) is -8.63. The molecule has 9 nitrogen and oxygen atoms in total. The average molecular weight is 468 g/mol. The second kappa shape index (κ2) is 9.86. The van der Waals surface area contributed by atoms with Crippen LogP contribution in [0.2, 0.25) is 0 Å². The van der Waals surface area contributed by atoms with Crippen molar-refractivity contribution in [1.82, 2.24) is 19.9 Å². The SMILES string of the molecule is CC(F)(F)CNc1ncnc(NC2CC(=O)N(CC(F)(F)F)C2)n1.O=C(O)C(F)(F)F. The normalized spacial score (nSPS) is 17.1. The summed E-state index contributed by atoms with van der Waals surface area (Å²) in [6, 6.07) is -0.609. The summed E-state index contributed by atoms with van der Waals surface area (Å²) < 4.78 is 94.3. The fraction of sp³-hybridized carbons (Fsp3) is 0.643. The lowest BCUT2D eigenvalue weighted by Gasteiger charge is -2.18. The lowest BCUT2D eigenvalue weighted by Crippen LogP contribution is -2.36. The number of aliphatic carboxylic acids is 1. The zero-order valence-electron chi connectivity index (χ0n) is 15.6. The van der Waals surface area contributed by atoms with E-state index in [4.69, 9.17) is 9.90 Å². The first-order valence-electron chi connectivity index (χ1n) is 8.18. The van der Waals surface area contributed by atoms with E-state index >= 15 is 0 Å². The molecule has 0 saturated carbocycles. The van der Waals surface area contributed by atoms with Gasteiger partial charge in [0, 0.05) is 19.9 Å². The van der Waals surface area contributed by atoms with E-state index in [0.29, 0.717) is 4.90 Å². The standard InChI is InChI=1S/C12H15F5N6O.C2HF3O2/c1-11(13,14)4-18-9-19-6-20-10(22-9)21-7-2-8(24)23(3-7)5-12(15,16)17;3-2(4,5)1(6)7/h6-7H,2-5H2,1H3,(H2,18,19,20,21,22);(H,6,7). The zero-order valence-corrected chi connectivity index (χ0v) is 15.6. The zero-order chi connectivity index (χ0) is 24.0. The fourth-order valence-corrected chi connectivity index (χ4v) is 2.11. The van der Waals surface area contributed by atoms with Crippen LogP contribution in [0.25, 0.3) is 0 Å². The summed E-state index contributed by atoms with van der Waals surface area (Å²) in [5.74, 6) is -6.48. The van der Waals surface area contributed by atoms with Gasteiger partial charge in [0.15, 0.2) is 0 Å². The van der Waals surface area contributed by atoms with Crippen LogP contribution in [0, 0.1) is 0 Å². The quantitative estimate of drug-likeness (QED) is 0.544. The third kappa shape index (κ3) is 10.5. The summed E-state index contributed by atoms with van der Waals surface area (Å²) >= 11 is 0. The van der Waals surface area contributed by atoms with Gasteiger partial charge in [-0.3, -0.25) is 4.79 Å². The molecule has 31 heavy (non-hydrogen) atoms. The Hall–Kier alpha value is -3.01. The Morgan fingerprint density at radius 2 is 1.71 bits per heavy atom. The number of amides is 1. The number of rotatable bonds is 6. The second-order valence-electron chi connectivity index (χ2n) is 6.29. The lowest BCUT2D eigenvalue weighted by molar-refractivity contribution is -0.192. The Morgan fingerprint density at radius 1 is 1.16 bits per heavy atom. The summed E-state index contributed by atoms with van der Waals surface area (Å²) in [4.78, 5) is 32.4. The van der Waals surface area contributed by atoms with Crippen LogP contribution in [-0.4, -0.2) is 80.8 Å². The minimum Gasteiger partial charge on any atom is -0.475 e. The van der Waals surface area contributed by atoms with Crippen molar-refractivity contribution in [2.24, 2.45) is 0 Å². The first-order chi connectivity index (χ1) is 14.0. The van der Waals surface area contributed by atoms with Crippen molar-refractivity contribution in [3.05, 3.63) is 6.33 Å². The van der Waals surface area contributed by atoms with Gasteiger partial charge in [0.2, 0.25) is 17.8 Å². The number of likely N-dealkylation sites (tertiary alicyclic amines) is 1. The Bertz CT molecular complexity index is 768. The molecule has 176 valence electrons. The Morgan fingerprint density at radius 3 is 2.19 bits per heavy atom. The number of carbonyl (C=O) groups excluding carboxylic acids is 1. The van der Waals surface area contributed by atoms with Gasteiger partial charge in [-0.25, -0.2) is 23.5 Å². The van der Waals surface area contributed by atoms with Crippen molar-refractivity contribution in [3.63, 3.8) is 0 Å². The van der Waals surface area contributed by atoms with Crippen LogP contribution in [0.3, 0.4) is 0 Å². The Balaban J connectivity index is 0.000000592. The summed E-state index contributed by atoms with van der Waals surface area (Å²) in [7, 11) is 0. The molecule has 0 aliphatic carbocycles. The van der Waals surface area contributed by atoms with E-state index in [0.717, 1.165) is 13.3 Å². The van der Waals surface area contributed by atoms with E-state index in [2.05, 4.69) is 25.6 Å². The third-order valence-electron chi connectivity index (χ3n) is 3.29. The van der Waals surface area contributed by atoms with Crippen molar-refractivity contribution in [2.45, 2.75) is 37.7 Å². The highest BCUT2D eigenvalue weighted by Gasteiger charge is 2.39. The van der Waals surface area contributed by atoms with Gasteiger partial charge in [-0.1, -0.05) is 0 Å². The van der Waals surface area contributed by atoms with Crippen LogP contribution < -0.4 is 10.6 Å². The molecule has 2 heterocycles. The summed E-state index contributed by atoms with van der Waals surface area (Å²) in [5, 5.41) is 12.2. The number of nitrogens with one attached hydrogen (secondary N) is 2. The number of nitrogens with zero attached hydrogens (tertiary/aromatic N) is 4. The fourth-order valence-electron chi connectivity index (χ4n) is 2.11. The maximum atomic E-state index is 12.8. The number of anilines is 2. The number of alkyl halides is 8. The minimum atomic E-state index is -5.08. The maximum Gasteiger partial charge on any atom is 0.490 e. The molecule has 0 spiro atoms. The highest BCUT2D eigenvalue weighted by Crippen LogP contribution is 2.22. The van der Waals surface area contributed by atoms with Gasteiger partial charge in [0.25, 0.3) is 5.92 Å². The van der Waals surface area contributed by atoms with Crippen LogP contribution in [0.5, 0.6) is 0 Å². The van der Waals surface area contributed by atoms with Crippen molar-refractivity contribution in [3.8, 4) is 0 Å². The number of hydrogen-bond donors (Lipinski definition) is 3. The van der Waals surface area contributed by atoms with E-state index in [9.17, 15) is 39.9 Å². The maximum absolute atomic E-state index is 12.8. The lowest BCUT2D eigenvalue weighted by atomic mass is 10.3. The number of carbonyl (C=O) groups is 2. The first kappa shape index (κ1) is 26.0. The number of carboxylic acids is 1. The molecule has 1 aliphatic heterocycles. The molecule has 0 aromatic carbocycles. The summed E-state index contributed by atoms with van der Waals surface area (Å²) in [5.41, 5.74) is 0. The third-order valence-corrected chi connectivity index (χ3v) is 3.29. The van der Waals surface area contributed by atoms with Crippen LogP contribution in [0.1, 0.15) is 13.3 Å². The molecule has 1 amide bonds. The van der Waals surface area contributed by atoms with Gasteiger partial charge in [-0.2, -0.15) is 31.3 Å². The molecule has 1 aromatic heterocycles. The molecular weight excluding hydrogens is 452 g/mol. The highest BCUT2D eigenvalue weighted by molar-refractivity contribution is 5.80. The number of halogens is 8. The highest BCUT2D eigenvalue weighted by atomic mass is 19.4. The molecule has 2 rings (SSSR count). The predicted octanol–water partition coefficient (Wildman–Crippen LogP) is 2.15. The molecule has 1 aromatic rings. The molecule has 0 radical (unpaired) electrons.